The number of rotatable bonds is 7. The summed E-state index contributed by atoms with van der Waals surface area (Å²) in [5.74, 6) is -3.18. The van der Waals surface area contributed by atoms with Gasteiger partial charge in [-0.15, -0.1) is 11.3 Å². The summed E-state index contributed by atoms with van der Waals surface area (Å²) in [5, 5.41) is 0.951. The highest BCUT2D eigenvalue weighted by Gasteiger charge is 2.71. The molecule has 0 amide bonds. The molecule has 2 fully saturated rings. The Hall–Kier alpha value is -3.56. The molecular formula is C34H33ClF2N2O4S. The van der Waals surface area contributed by atoms with Gasteiger partial charge in [-0.05, 0) is 47.9 Å². The molecule has 0 radical (unpaired) electrons. The van der Waals surface area contributed by atoms with Crippen LogP contribution in [0.25, 0.3) is 23.1 Å². The van der Waals surface area contributed by atoms with Gasteiger partial charge in [0, 0.05) is 47.0 Å². The maximum Gasteiger partial charge on any atom is 0.269 e. The second kappa shape index (κ2) is 11.1. The molecule has 0 spiro atoms. The monoisotopic (exact) mass is 638 g/mol. The van der Waals surface area contributed by atoms with Crippen LogP contribution in [0.2, 0.25) is 5.15 Å². The van der Waals surface area contributed by atoms with E-state index in [9.17, 15) is 18.4 Å². The largest absolute Gasteiger partial charge is 0.496 e. The van der Waals surface area contributed by atoms with Gasteiger partial charge in [0.15, 0.2) is 5.78 Å². The van der Waals surface area contributed by atoms with E-state index in [-0.39, 0.29) is 34.4 Å². The molecule has 2 aliphatic rings. The van der Waals surface area contributed by atoms with Crippen molar-refractivity contribution in [2.75, 3.05) is 14.2 Å². The van der Waals surface area contributed by atoms with Crippen LogP contribution in [0.1, 0.15) is 55.1 Å². The van der Waals surface area contributed by atoms with E-state index in [2.05, 4.69) is 25.8 Å². The lowest BCUT2D eigenvalue weighted by atomic mass is 9.86. The van der Waals surface area contributed by atoms with Crippen molar-refractivity contribution in [2.45, 2.75) is 51.5 Å². The van der Waals surface area contributed by atoms with E-state index >= 15 is 0 Å². The fourth-order valence-electron chi connectivity index (χ4n) is 6.31. The average Bonchev–Trinajstić information content (AvgIpc) is 3.27. The molecule has 2 aliphatic carbocycles. The lowest BCUT2D eigenvalue weighted by molar-refractivity contribution is 0.0620. The average molecular weight is 639 g/mol. The third-order valence-electron chi connectivity index (χ3n) is 8.83. The van der Waals surface area contributed by atoms with Crippen LogP contribution in [0.3, 0.4) is 0 Å². The topological polar surface area (TPSA) is 70.4 Å². The van der Waals surface area contributed by atoms with Crippen molar-refractivity contribution >= 4 is 51.8 Å². The number of fused-ring (bicyclic) bond motifs is 2. The molecule has 2 aromatic carbocycles. The van der Waals surface area contributed by atoms with Gasteiger partial charge in [-0.3, -0.25) is 14.2 Å². The molecule has 0 bridgehead atoms. The highest BCUT2D eigenvalue weighted by molar-refractivity contribution is 7.07. The summed E-state index contributed by atoms with van der Waals surface area (Å²) in [6.07, 6.45) is 3.88. The predicted octanol–water partition coefficient (Wildman–Crippen LogP) is 6.21. The lowest BCUT2D eigenvalue weighted by Gasteiger charge is -2.18. The third kappa shape index (κ3) is 5.45. The molecule has 2 atom stereocenters. The molecule has 230 valence electrons. The number of carbonyl (C=O) groups excluding carboxylic acids is 1. The van der Waals surface area contributed by atoms with Crippen molar-refractivity contribution in [3.63, 3.8) is 0 Å². The van der Waals surface area contributed by atoms with Gasteiger partial charge in [-0.1, -0.05) is 56.6 Å². The Bertz CT molecular complexity index is 1950. The number of hydrogen-bond donors (Lipinski definition) is 0. The van der Waals surface area contributed by atoms with Crippen LogP contribution < -0.4 is 24.2 Å². The van der Waals surface area contributed by atoms with E-state index in [1.54, 1.807) is 48.1 Å². The first-order valence-corrected chi connectivity index (χ1v) is 15.7. The van der Waals surface area contributed by atoms with Crippen molar-refractivity contribution in [3.05, 3.63) is 83.9 Å². The quantitative estimate of drug-likeness (QED) is 0.178. The molecule has 0 saturated heterocycles. The number of aromatic nitrogens is 2. The number of methoxy groups -OCH3 is 2. The number of pyridine rings is 1. The van der Waals surface area contributed by atoms with E-state index in [0.29, 0.717) is 55.6 Å². The summed E-state index contributed by atoms with van der Waals surface area (Å²) < 4.78 is 41.5. The molecule has 2 aromatic heterocycles. The van der Waals surface area contributed by atoms with Crippen LogP contribution in [0, 0.1) is 17.8 Å². The number of thiazole rings is 1. The minimum Gasteiger partial charge on any atom is -0.496 e. The highest BCUT2D eigenvalue weighted by Crippen LogP contribution is 2.65. The number of carbonyl (C=O) groups is 1. The van der Waals surface area contributed by atoms with Crippen molar-refractivity contribution in [3.8, 4) is 11.5 Å². The number of halogens is 3. The van der Waals surface area contributed by atoms with E-state index in [4.69, 9.17) is 21.1 Å². The molecule has 2 heterocycles. The van der Waals surface area contributed by atoms with Crippen LogP contribution in [-0.4, -0.2) is 35.5 Å². The lowest BCUT2D eigenvalue weighted by Crippen LogP contribution is -2.34. The van der Waals surface area contributed by atoms with E-state index in [1.165, 1.54) is 24.5 Å². The Kier molecular flexibility index (Phi) is 7.69. The Morgan fingerprint density at radius 2 is 1.75 bits per heavy atom. The molecule has 2 saturated carbocycles. The van der Waals surface area contributed by atoms with E-state index in [0.717, 1.165) is 5.56 Å². The van der Waals surface area contributed by atoms with Crippen LogP contribution in [0.15, 0.2) is 47.3 Å². The van der Waals surface area contributed by atoms with Gasteiger partial charge in [0.05, 0.1) is 24.3 Å². The zero-order valence-electron chi connectivity index (χ0n) is 25.1. The summed E-state index contributed by atoms with van der Waals surface area (Å²) in [6.45, 7) is 6.57. The second-order valence-electron chi connectivity index (χ2n) is 12.7. The van der Waals surface area contributed by atoms with Crippen molar-refractivity contribution < 1.29 is 23.0 Å². The molecule has 10 heteroatoms. The third-order valence-corrected chi connectivity index (χ3v) is 10.1. The van der Waals surface area contributed by atoms with E-state index in [1.807, 2.05) is 12.1 Å². The van der Waals surface area contributed by atoms with Crippen molar-refractivity contribution in [1.82, 2.24) is 9.55 Å². The smallest absolute Gasteiger partial charge is 0.269 e. The Balaban J connectivity index is 1.48. The SMILES string of the molecule is COc1cc(OC)c2ccc(Cl)nc2c1/C=c1\s/c(=C/C(=O)c2ccc(C(C)(C)C)cc2)n(CC2CC3C(C2)C3(F)F)c1=O. The molecule has 2 unspecified atom stereocenters. The summed E-state index contributed by atoms with van der Waals surface area (Å²) in [6, 6.07) is 12.6. The van der Waals surface area contributed by atoms with Crippen LogP contribution in [0.5, 0.6) is 11.5 Å². The molecule has 6 rings (SSSR count). The zero-order chi connectivity index (χ0) is 31.6. The molecule has 0 N–H and O–H groups in total. The summed E-state index contributed by atoms with van der Waals surface area (Å²) >= 11 is 7.43. The zero-order valence-corrected chi connectivity index (χ0v) is 26.7. The highest BCUT2D eigenvalue weighted by atomic mass is 35.5. The number of nitrogens with zero attached hydrogens (tertiary/aromatic N) is 2. The number of ketones is 1. The molecule has 4 aromatic rings. The van der Waals surface area contributed by atoms with Gasteiger partial charge in [-0.2, -0.15) is 0 Å². The number of Topliss-reactive ketones (excluding diaryl/α,β-unsaturated/α-hetero) is 1. The van der Waals surface area contributed by atoms with E-state index < -0.39 is 17.8 Å². The van der Waals surface area contributed by atoms with Gasteiger partial charge >= 0.3 is 0 Å². The minimum absolute atomic E-state index is 0.0607. The van der Waals surface area contributed by atoms with Gasteiger partial charge in [-0.25, -0.2) is 13.8 Å². The first-order valence-electron chi connectivity index (χ1n) is 14.5. The Morgan fingerprint density at radius 1 is 1.09 bits per heavy atom. The van der Waals surface area contributed by atoms with Gasteiger partial charge in [0.2, 0.25) is 0 Å². The van der Waals surface area contributed by atoms with Crippen LogP contribution in [-0.2, 0) is 12.0 Å². The minimum atomic E-state index is -2.60. The fraction of sp³-hybridized carbons (Fsp3) is 0.382. The van der Waals surface area contributed by atoms with Gasteiger partial charge < -0.3 is 9.47 Å². The first kappa shape index (κ1) is 30.5. The fourth-order valence-corrected chi connectivity index (χ4v) is 7.49. The maximum absolute atomic E-state index is 14.0. The number of benzene rings is 2. The molecule has 0 aliphatic heterocycles. The van der Waals surface area contributed by atoms with Crippen LogP contribution >= 0.6 is 22.9 Å². The normalized spacial score (nSPS) is 21.5. The summed E-state index contributed by atoms with van der Waals surface area (Å²) in [5.41, 5.74) is 2.26. The van der Waals surface area contributed by atoms with Gasteiger partial charge in [0.25, 0.3) is 11.5 Å². The Labute approximate surface area is 262 Å². The van der Waals surface area contributed by atoms with Crippen molar-refractivity contribution in [2.24, 2.45) is 17.8 Å². The first-order chi connectivity index (χ1) is 20.8. The standard InChI is InChI=1S/C34H33ClF2N2O4S/c1-33(2,3)20-8-6-19(7-9-20)25(40)15-30-39(17-18-12-23-24(13-18)34(23,36)37)32(41)28(44-30)14-22-27(43-5)16-26(42-4)21-10-11-29(35)38-31(21)22/h6-11,14-16,18,23-24H,12-13,17H2,1-5H3/b28-14-,30-15+. The van der Waals surface area contributed by atoms with Crippen LogP contribution in [0.4, 0.5) is 8.78 Å². The predicted molar refractivity (Wildman–Crippen MR) is 170 cm³/mol. The number of ether oxygens (including phenoxy) is 2. The van der Waals surface area contributed by atoms with Gasteiger partial charge in [0.1, 0.15) is 21.3 Å². The molecule has 44 heavy (non-hydrogen) atoms. The summed E-state index contributed by atoms with van der Waals surface area (Å²) in [4.78, 5) is 31.9. The molecular weight excluding hydrogens is 606 g/mol. The number of hydrogen-bond acceptors (Lipinski definition) is 6. The van der Waals surface area contributed by atoms with Crippen molar-refractivity contribution in [1.29, 1.82) is 0 Å². The Morgan fingerprint density at radius 3 is 2.36 bits per heavy atom. The number of alkyl halides is 2. The maximum atomic E-state index is 14.0. The second-order valence-corrected chi connectivity index (χ2v) is 14.1. The summed E-state index contributed by atoms with van der Waals surface area (Å²) in [7, 11) is 3.06. The molecule has 6 nitrogen and oxygen atoms in total.